The monoisotopic (exact) mass is 449 g/mol. The van der Waals surface area contributed by atoms with Crippen LogP contribution < -0.4 is 15.2 Å². The van der Waals surface area contributed by atoms with Gasteiger partial charge in [0.15, 0.2) is 0 Å². The first-order valence-corrected chi connectivity index (χ1v) is 10.8. The van der Waals surface area contributed by atoms with E-state index in [0.717, 1.165) is 16.9 Å². The van der Waals surface area contributed by atoms with Crippen LogP contribution in [0.4, 0.5) is 4.79 Å². The Morgan fingerprint density at radius 3 is 2.06 bits per heavy atom. The minimum atomic E-state index is -0.741. The van der Waals surface area contributed by atoms with E-state index in [1.165, 1.54) is 0 Å². The van der Waals surface area contributed by atoms with E-state index in [2.05, 4.69) is 36.2 Å². The summed E-state index contributed by atoms with van der Waals surface area (Å²) in [5.41, 5.74) is 7.59. The van der Waals surface area contributed by atoms with Gasteiger partial charge in [-0.15, -0.1) is 10.2 Å². The number of amides is 1. The van der Waals surface area contributed by atoms with Crippen molar-refractivity contribution in [3.63, 3.8) is 0 Å². The normalized spacial score (nSPS) is 17.7. The van der Waals surface area contributed by atoms with E-state index in [1.54, 1.807) is 12.1 Å². The van der Waals surface area contributed by atoms with Gasteiger partial charge < -0.3 is 25.1 Å². The summed E-state index contributed by atoms with van der Waals surface area (Å²) >= 11 is 0. The number of aliphatic hydroxyl groups is 1. The van der Waals surface area contributed by atoms with Crippen molar-refractivity contribution < 1.29 is 24.1 Å². The first-order valence-electron chi connectivity index (χ1n) is 10.8. The Balaban J connectivity index is 1.36. The Morgan fingerprint density at radius 2 is 1.55 bits per heavy atom. The first kappa shape index (κ1) is 22.5. The fraction of sp³-hybridized carbons (Fsp3) is 0.320. The summed E-state index contributed by atoms with van der Waals surface area (Å²) in [6.07, 6.45) is 0.452. The molecule has 0 aliphatic heterocycles. The molecule has 0 spiro atoms. The highest BCUT2D eigenvalue weighted by Gasteiger charge is 2.33. The molecule has 8 heteroatoms. The molecule has 1 aliphatic carbocycles. The lowest BCUT2D eigenvalue weighted by Crippen LogP contribution is -2.41. The zero-order chi connectivity index (χ0) is 23.4. The molecule has 0 bridgehead atoms. The summed E-state index contributed by atoms with van der Waals surface area (Å²) < 4.78 is 16.6. The van der Waals surface area contributed by atoms with Gasteiger partial charge in [-0.2, -0.15) is 0 Å². The zero-order valence-electron chi connectivity index (χ0n) is 18.6. The van der Waals surface area contributed by atoms with Crippen molar-refractivity contribution in [3.8, 4) is 17.4 Å². The molecular weight excluding hydrogens is 422 g/mol. The van der Waals surface area contributed by atoms with Crippen LogP contribution in [-0.2, 0) is 16.8 Å². The highest BCUT2D eigenvalue weighted by atomic mass is 16.6. The van der Waals surface area contributed by atoms with Gasteiger partial charge in [-0.05, 0) is 41.5 Å². The summed E-state index contributed by atoms with van der Waals surface area (Å²) in [6, 6.07) is 19.3. The minimum absolute atomic E-state index is 0.0327. The summed E-state index contributed by atoms with van der Waals surface area (Å²) in [6.45, 7) is 4.17. The quantitative estimate of drug-likeness (QED) is 0.532. The van der Waals surface area contributed by atoms with Crippen LogP contribution in [0, 0.1) is 0 Å². The lowest BCUT2D eigenvalue weighted by molar-refractivity contribution is -0.0197. The van der Waals surface area contributed by atoms with Crippen molar-refractivity contribution in [1.29, 1.82) is 0 Å². The number of nitrogens with two attached hydrogens (primary N) is 1. The van der Waals surface area contributed by atoms with E-state index in [0.29, 0.717) is 30.2 Å². The molecule has 1 aromatic heterocycles. The van der Waals surface area contributed by atoms with E-state index >= 15 is 0 Å². The smallest absolute Gasteiger partial charge is 0.404 e. The van der Waals surface area contributed by atoms with Gasteiger partial charge in [0, 0.05) is 24.3 Å². The third-order valence-electron chi connectivity index (χ3n) is 5.87. The van der Waals surface area contributed by atoms with Crippen LogP contribution in [0.5, 0.6) is 17.4 Å². The molecule has 0 saturated heterocycles. The van der Waals surface area contributed by atoms with Gasteiger partial charge in [0.05, 0.1) is 12.3 Å². The third kappa shape index (κ3) is 5.40. The van der Waals surface area contributed by atoms with Crippen LogP contribution in [0.3, 0.4) is 0 Å². The molecule has 1 heterocycles. The van der Waals surface area contributed by atoms with E-state index in [-0.39, 0.29) is 24.2 Å². The van der Waals surface area contributed by atoms with Gasteiger partial charge in [0.1, 0.15) is 23.7 Å². The number of aliphatic hydroxyl groups excluding tert-OH is 1. The number of rotatable bonds is 8. The maximum absolute atomic E-state index is 10.8. The van der Waals surface area contributed by atoms with Crippen molar-refractivity contribution in [1.82, 2.24) is 10.2 Å². The second-order valence-corrected chi connectivity index (χ2v) is 8.57. The van der Waals surface area contributed by atoms with Crippen LogP contribution >= 0.6 is 0 Å². The lowest BCUT2D eigenvalue weighted by Gasteiger charge is -2.34. The third-order valence-corrected chi connectivity index (χ3v) is 5.87. The summed E-state index contributed by atoms with van der Waals surface area (Å²) in [5, 5.41) is 16.9. The van der Waals surface area contributed by atoms with Crippen molar-refractivity contribution in [2.75, 3.05) is 0 Å². The Hall–Kier alpha value is -3.65. The van der Waals surface area contributed by atoms with Gasteiger partial charge in [0.25, 0.3) is 0 Å². The summed E-state index contributed by atoms with van der Waals surface area (Å²) in [4.78, 5) is 10.8. The first-order chi connectivity index (χ1) is 15.8. The standard InChI is InChI=1S/C25H27N3O5/c1-25(2,16-3-8-19(9-4-16)31-21-13-22(14-21)33-24(26)30)17-5-10-20(11-6-17)32-23-12-7-18(15-29)27-28-23/h3-12,21-22,29H,13-15H2,1-2H3,(H2,26,30). The van der Waals surface area contributed by atoms with E-state index in [1.807, 2.05) is 36.4 Å². The molecule has 33 heavy (non-hydrogen) atoms. The van der Waals surface area contributed by atoms with Crippen molar-refractivity contribution in [2.24, 2.45) is 5.73 Å². The molecule has 1 amide bonds. The van der Waals surface area contributed by atoms with Gasteiger partial charge in [-0.3, -0.25) is 0 Å². The Bertz CT molecular complexity index is 1080. The molecular formula is C25H27N3O5. The Morgan fingerprint density at radius 1 is 0.939 bits per heavy atom. The van der Waals surface area contributed by atoms with Crippen LogP contribution in [0.2, 0.25) is 0 Å². The largest absolute Gasteiger partial charge is 0.490 e. The number of aromatic nitrogens is 2. The number of benzene rings is 2. The minimum Gasteiger partial charge on any atom is -0.490 e. The average molecular weight is 450 g/mol. The number of hydrogen-bond donors (Lipinski definition) is 2. The van der Waals surface area contributed by atoms with Crippen molar-refractivity contribution in [3.05, 3.63) is 77.5 Å². The molecule has 1 fully saturated rings. The number of nitrogens with zero attached hydrogens (tertiary/aromatic N) is 2. The predicted octanol–water partition coefficient (Wildman–Crippen LogP) is 4.09. The molecule has 8 nitrogen and oxygen atoms in total. The Kier molecular flexibility index (Phi) is 6.46. The number of ether oxygens (including phenoxy) is 3. The van der Waals surface area contributed by atoms with Crippen molar-refractivity contribution >= 4 is 6.09 Å². The van der Waals surface area contributed by atoms with Crippen LogP contribution in [0.1, 0.15) is 43.5 Å². The number of hydrogen-bond acceptors (Lipinski definition) is 7. The molecule has 1 aliphatic rings. The highest BCUT2D eigenvalue weighted by Crippen LogP contribution is 2.35. The fourth-order valence-corrected chi connectivity index (χ4v) is 3.73. The molecule has 3 N–H and O–H groups in total. The Labute approximate surface area is 192 Å². The average Bonchev–Trinajstić information content (AvgIpc) is 2.78. The molecule has 0 radical (unpaired) electrons. The summed E-state index contributed by atoms with van der Waals surface area (Å²) in [7, 11) is 0. The topological polar surface area (TPSA) is 117 Å². The number of primary amides is 1. The van der Waals surface area contributed by atoms with E-state index in [9.17, 15) is 4.79 Å². The number of carbonyl (C=O) groups is 1. The van der Waals surface area contributed by atoms with Gasteiger partial charge in [0.2, 0.25) is 5.88 Å². The second-order valence-electron chi connectivity index (χ2n) is 8.57. The fourth-order valence-electron chi connectivity index (χ4n) is 3.73. The predicted molar refractivity (Wildman–Crippen MR) is 121 cm³/mol. The van der Waals surface area contributed by atoms with Crippen LogP contribution in [-0.4, -0.2) is 33.6 Å². The maximum atomic E-state index is 10.8. The van der Waals surface area contributed by atoms with E-state index in [4.69, 9.17) is 25.1 Å². The molecule has 172 valence electrons. The molecule has 0 atom stereocenters. The maximum Gasteiger partial charge on any atom is 0.404 e. The molecule has 4 rings (SSSR count). The molecule has 0 unspecified atom stereocenters. The van der Waals surface area contributed by atoms with E-state index < -0.39 is 6.09 Å². The number of carbonyl (C=O) groups excluding carboxylic acids is 1. The summed E-state index contributed by atoms with van der Waals surface area (Å²) in [5.74, 6) is 1.81. The van der Waals surface area contributed by atoms with Gasteiger partial charge >= 0.3 is 6.09 Å². The SMILES string of the molecule is CC(C)(c1ccc(Oc2ccc(CO)nn2)cc1)c1ccc(OC2CC(OC(N)=O)C2)cc1. The highest BCUT2D eigenvalue weighted by molar-refractivity contribution is 5.64. The zero-order valence-corrected chi connectivity index (χ0v) is 18.6. The molecule has 2 aromatic carbocycles. The lowest BCUT2D eigenvalue weighted by atomic mass is 9.78. The van der Waals surface area contributed by atoms with Crippen LogP contribution in [0.25, 0.3) is 0 Å². The second kappa shape index (κ2) is 9.46. The van der Waals surface area contributed by atoms with Gasteiger partial charge in [-0.25, -0.2) is 4.79 Å². The molecule has 1 saturated carbocycles. The molecule has 3 aromatic rings. The van der Waals surface area contributed by atoms with Crippen LogP contribution in [0.15, 0.2) is 60.7 Å². The van der Waals surface area contributed by atoms with Crippen molar-refractivity contribution in [2.45, 2.75) is 50.9 Å². The van der Waals surface area contributed by atoms with Gasteiger partial charge in [-0.1, -0.05) is 38.1 Å².